The Morgan fingerprint density at radius 3 is 1.25 bits per heavy atom. The van der Waals surface area contributed by atoms with E-state index in [0.29, 0.717) is 39.3 Å². The first-order valence-corrected chi connectivity index (χ1v) is 18.9. The maximum Gasteiger partial charge on any atom is 0.306 e. The lowest BCUT2D eigenvalue weighted by atomic mass is 9.83. The van der Waals surface area contributed by atoms with Gasteiger partial charge in [-0.15, -0.1) is 0 Å². The Kier molecular flexibility index (Phi) is 13.1. The molecule has 0 aliphatic carbocycles. The van der Waals surface area contributed by atoms with Gasteiger partial charge in [0.1, 0.15) is 24.7 Å². The summed E-state index contributed by atoms with van der Waals surface area (Å²) in [4.78, 5) is 25.5. The summed E-state index contributed by atoms with van der Waals surface area (Å²) in [5.41, 5.74) is 3.14. The van der Waals surface area contributed by atoms with Crippen LogP contribution in [0.1, 0.15) is 115 Å². The Morgan fingerprint density at radius 1 is 0.623 bits per heavy atom. The van der Waals surface area contributed by atoms with Crippen molar-refractivity contribution in [3.05, 3.63) is 57.6 Å². The van der Waals surface area contributed by atoms with E-state index in [4.69, 9.17) is 28.4 Å². The Balaban J connectivity index is 1.19. The smallest absolute Gasteiger partial charge is 0.306 e. The Hall–Kier alpha value is -3.18. The number of rotatable bonds is 12. The summed E-state index contributed by atoms with van der Waals surface area (Å²) in [6, 6.07) is 7.82. The fraction of sp³-hybridized carbons (Fsp3) is 0.674. The van der Waals surface area contributed by atoms with E-state index in [-0.39, 0.29) is 60.3 Å². The number of benzene rings is 2. The number of carbonyl (C=O) groups excluding carboxylic acids is 2. The molecule has 0 aromatic heterocycles. The number of ether oxygens (including phenoxy) is 6. The molecule has 0 amide bonds. The third-order valence-corrected chi connectivity index (χ3v) is 10.1. The van der Waals surface area contributed by atoms with E-state index in [1.807, 2.05) is 65.8 Å². The van der Waals surface area contributed by atoms with Crippen molar-refractivity contribution >= 4 is 11.9 Å². The monoisotopic (exact) mass is 740 g/mol. The van der Waals surface area contributed by atoms with Crippen LogP contribution in [0.3, 0.4) is 0 Å². The lowest BCUT2D eigenvalue weighted by Crippen LogP contribution is -2.57. The molecule has 4 rings (SSSR count). The largest absolute Gasteiger partial charge is 0.507 e. The third-order valence-electron chi connectivity index (χ3n) is 10.1. The molecule has 0 unspecified atom stereocenters. The summed E-state index contributed by atoms with van der Waals surface area (Å²) < 4.78 is 36.1. The van der Waals surface area contributed by atoms with Gasteiger partial charge >= 0.3 is 11.9 Å². The van der Waals surface area contributed by atoms with Crippen molar-refractivity contribution < 1.29 is 48.2 Å². The van der Waals surface area contributed by atoms with E-state index < -0.39 is 28.8 Å². The molecule has 2 aromatic rings. The number of esters is 2. The van der Waals surface area contributed by atoms with Crippen LogP contribution in [0.5, 0.6) is 11.5 Å². The molecular weight excluding hydrogens is 676 g/mol. The van der Waals surface area contributed by atoms with Crippen LogP contribution in [0.15, 0.2) is 24.3 Å². The van der Waals surface area contributed by atoms with Gasteiger partial charge in [0.2, 0.25) is 0 Å². The summed E-state index contributed by atoms with van der Waals surface area (Å²) in [7, 11) is 0. The molecule has 2 aliphatic rings. The molecule has 10 heteroatoms. The summed E-state index contributed by atoms with van der Waals surface area (Å²) in [6.07, 6.45) is -0.125. The second-order valence-electron chi connectivity index (χ2n) is 18.8. The second kappa shape index (κ2) is 16.3. The molecule has 2 saturated heterocycles. The first-order valence-electron chi connectivity index (χ1n) is 18.9. The molecular formula is C43H64O10. The lowest BCUT2D eigenvalue weighted by Gasteiger charge is -2.48. The van der Waals surface area contributed by atoms with Gasteiger partial charge in [0, 0.05) is 23.7 Å². The number of aromatic hydroxyl groups is 2. The van der Waals surface area contributed by atoms with E-state index in [2.05, 4.69) is 41.5 Å². The van der Waals surface area contributed by atoms with E-state index >= 15 is 0 Å². The average Bonchev–Trinajstić information content (AvgIpc) is 3.06. The Bertz CT molecular complexity index is 1470. The number of hydrogen-bond acceptors (Lipinski definition) is 10. The van der Waals surface area contributed by atoms with E-state index in [1.165, 1.54) is 0 Å². The summed E-state index contributed by atoms with van der Waals surface area (Å²) in [6.45, 7) is 25.7. The minimum atomic E-state index is -0.611. The molecule has 2 N–H and O–H groups in total. The predicted molar refractivity (Wildman–Crippen MR) is 203 cm³/mol. The van der Waals surface area contributed by atoms with Gasteiger partial charge in [-0.3, -0.25) is 9.59 Å². The molecule has 2 aliphatic heterocycles. The quantitative estimate of drug-likeness (QED) is 0.209. The van der Waals surface area contributed by atoms with Gasteiger partial charge in [0.15, 0.2) is 12.6 Å². The number of hydrogen-bond donors (Lipinski definition) is 2. The molecule has 10 nitrogen and oxygen atoms in total. The zero-order valence-electron chi connectivity index (χ0n) is 34.2. The van der Waals surface area contributed by atoms with Crippen molar-refractivity contribution in [2.75, 3.05) is 39.6 Å². The van der Waals surface area contributed by atoms with Crippen molar-refractivity contribution in [1.82, 2.24) is 0 Å². The Labute approximate surface area is 316 Å². The molecule has 2 fully saturated rings. The molecule has 2 aromatic carbocycles. The fourth-order valence-corrected chi connectivity index (χ4v) is 6.78. The zero-order chi connectivity index (χ0) is 39.6. The van der Waals surface area contributed by atoms with Gasteiger partial charge in [-0.05, 0) is 59.8 Å². The van der Waals surface area contributed by atoms with E-state index in [1.54, 1.807) is 0 Å². The Morgan fingerprint density at radius 2 is 0.943 bits per heavy atom. The molecule has 0 radical (unpaired) electrons. The molecule has 1 spiro atoms. The van der Waals surface area contributed by atoms with Gasteiger partial charge < -0.3 is 38.6 Å². The van der Waals surface area contributed by atoms with Crippen LogP contribution in [0.2, 0.25) is 0 Å². The highest BCUT2D eigenvalue weighted by molar-refractivity contribution is 5.70. The molecule has 53 heavy (non-hydrogen) atoms. The maximum absolute atomic E-state index is 12.8. The minimum Gasteiger partial charge on any atom is -0.507 e. The van der Waals surface area contributed by atoms with Gasteiger partial charge in [-0.25, -0.2) is 0 Å². The third kappa shape index (κ3) is 11.0. The lowest BCUT2D eigenvalue weighted by molar-refractivity contribution is -0.337. The van der Waals surface area contributed by atoms with Crippen molar-refractivity contribution in [2.24, 2.45) is 16.2 Å². The standard InChI is InChI=1S/C43H64O10/c1-27-17-29(35(46)31(19-27)39(3,4)5)13-15-33(44)48-21-41(9,10)37-50-23-43(24-51-37)25-52-38(53-26-43)42(11,12)22-49-34(45)16-14-30-18-28(2)20-32(36(30)47)40(6,7)8/h17-20,37-38,46-47H,13-16,21-26H2,1-12H3. The molecule has 2 heterocycles. The predicted octanol–water partition coefficient (Wildman–Crippen LogP) is 7.75. The van der Waals surface area contributed by atoms with E-state index in [9.17, 15) is 19.8 Å². The minimum absolute atomic E-state index is 0.114. The van der Waals surface area contributed by atoms with Crippen molar-refractivity contribution in [3.63, 3.8) is 0 Å². The van der Waals surface area contributed by atoms with Crippen LogP contribution in [-0.2, 0) is 61.7 Å². The van der Waals surface area contributed by atoms with Crippen LogP contribution >= 0.6 is 0 Å². The van der Waals surface area contributed by atoms with Crippen molar-refractivity contribution in [2.45, 2.75) is 132 Å². The summed E-state index contributed by atoms with van der Waals surface area (Å²) in [5.74, 6) is -0.218. The first kappa shape index (κ1) is 42.6. The highest BCUT2D eigenvalue weighted by Gasteiger charge is 2.48. The normalized spacial score (nSPS) is 21.4. The number of phenols is 2. The first-order chi connectivity index (χ1) is 24.4. The molecule has 0 atom stereocenters. The topological polar surface area (TPSA) is 130 Å². The maximum atomic E-state index is 12.8. The summed E-state index contributed by atoms with van der Waals surface area (Å²) >= 11 is 0. The molecule has 296 valence electrons. The highest BCUT2D eigenvalue weighted by atomic mass is 16.7. The van der Waals surface area contributed by atoms with Gasteiger partial charge in [0.05, 0.1) is 31.8 Å². The van der Waals surface area contributed by atoms with Crippen LogP contribution in [0, 0.1) is 30.1 Å². The zero-order valence-corrected chi connectivity index (χ0v) is 34.2. The number of carbonyl (C=O) groups is 2. The number of phenolic OH excluding ortho intramolecular Hbond substituents is 2. The van der Waals surface area contributed by atoms with Gasteiger partial charge in [0.25, 0.3) is 0 Å². The number of aryl methyl sites for hydroxylation is 4. The molecule has 0 bridgehead atoms. The fourth-order valence-electron chi connectivity index (χ4n) is 6.78. The van der Waals surface area contributed by atoms with E-state index in [0.717, 1.165) is 33.4 Å². The highest BCUT2D eigenvalue weighted by Crippen LogP contribution is 2.40. The SMILES string of the molecule is Cc1cc(CCC(=O)OCC(C)(C)C2OCC3(CO2)COC(C(C)(C)COC(=O)CCc2cc(C)cc(C(C)(C)C)c2O)OC3)c(O)c(C(C)(C)C)c1. The van der Waals surface area contributed by atoms with Crippen LogP contribution in [0.25, 0.3) is 0 Å². The summed E-state index contributed by atoms with van der Waals surface area (Å²) in [5, 5.41) is 21.7. The molecule has 0 saturated carbocycles. The van der Waals surface area contributed by atoms with Gasteiger partial charge in [-0.2, -0.15) is 0 Å². The second-order valence-corrected chi connectivity index (χ2v) is 18.8. The van der Waals surface area contributed by atoms with Crippen LogP contribution in [-0.4, -0.2) is 74.4 Å². The van der Waals surface area contributed by atoms with Crippen molar-refractivity contribution in [3.8, 4) is 11.5 Å². The van der Waals surface area contributed by atoms with Crippen molar-refractivity contribution in [1.29, 1.82) is 0 Å². The van der Waals surface area contributed by atoms with Gasteiger partial charge in [-0.1, -0.05) is 105 Å². The van der Waals surface area contributed by atoms with Crippen LogP contribution < -0.4 is 0 Å². The van der Waals surface area contributed by atoms with Crippen LogP contribution in [0.4, 0.5) is 0 Å². The average molecular weight is 741 g/mol.